The van der Waals surface area contributed by atoms with Crippen molar-refractivity contribution in [2.45, 2.75) is 25.4 Å². The predicted octanol–water partition coefficient (Wildman–Crippen LogP) is 3.28. The minimum Gasteiger partial charge on any atom is -0.373 e. The second kappa shape index (κ2) is 5.45. The molecule has 1 heterocycles. The van der Waals surface area contributed by atoms with Gasteiger partial charge in [-0.05, 0) is 37.3 Å². The van der Waals surface area contributed by atoms with Crippen LogP contribution in [0.25, 0.3) is 10.8 Å². The molecular formula is C17H18FNO2. The minimum absolute atomic E-state index is 0.192. The second-order valence-electron chi connectivity index (χ2n) is 5.73. The van der Waals surface area contributed by atoms with Gasteiger partial charge in [0.15, 0.2) is 0 Å². The van der Waals surface area contributed by atoms with E-state index in [1.807, 2.05) is 6.92 Å². The van der Waals surface area contributed by atoms with Gasteiger partial charge in [0.2, 0.25) is 0 Å². The highest BCUT2D eigenvalue weighted by atomic mass is 19.1. The van der Waals surface area contributed by atoms with Gasteiger partial charge in [-0.15, -0.1) is 0 Å². The lowest BCUT2D eigenvalue weighted by Gasteiger charge is -2.23. The van der Waals surface area contributed by atoms with Crippen LogP contribution in [0.4, 0.5) is 4.39 Å². The van der Waals surface area contributed by atoms with E-state index >= 15 is 0 Å². The molecule has 0 spiro atoms. The van der Waals surface area contributed by atoms with Crippen molar-refractivity contribution in [3.63, 3.8) is 0 Å². The number of hydrogen-bond donors (Lipinski definition) is 1. The molecule has 1 aliphatic rings. The molecule has 3 nitrogen and oxygen atoms in total. The standard InChI is InChI=1S/C17H18FNO2/c1-17(9-4-10-21-17)11-19-16(20)14-7-8-15(18)13-6-3-2-5-12(13)14/h2-3,5-8H,4,9-11H2,1H3,(H,19,20). The van der Waals surface area contributed by atoms with Crippen molar-refractivity contribution in [3.8, 4) is 0 Å². The van der Waals surface area contributed by atoms with Gasteiger partial charge in [-0.2, -0.15) is 0 Å². The third kappa shape index (κ3) is 2.76. The third-order valence-electron chi connectivity index (χ3n) is 4.04. The Hall–Kier alpha value is -1.94. The number of rotatable bonds is 3. The molecule has 2 aromatic rings. The number of nitrogens with one attached hydrogen (secondary N) is 1. The Morgan fingerprint density at radius 3 is 2.76 bits per heavy atom. The fourth-order valence-electron chi connectivity index (χ4n) is 2.80. The molecule has 1 saturated heterocycles. The van der Waals surface area contributed by atoms with Gasteiger partial charge >= 0.3 is 0 Å². The van der Waals surface area contributed by atoms with Crippen molar-refractivity contribution < 1.29 is 13.9 Å². The van der Waals surface area contributed by atoms with E-state index < -0.39 is 0 Å². The molecule has 1 atom stereocenters. The maximum Gasteiger partial charge on any atom is 0.252 e. The van der Waals surface area contributed by atoms with E-state index in [0.717, 1.165) is 19.4 Å². The van der Waals surface area contributed by atoms with Crippen LogP contribution in [0.3, 0.4) is 0 Å². The fourth-order valence-corrected chi connectivity index (χ4v) is 2.80. The van der Waals surface area contributed by atoms with Crippen molar-refractivity contribution in [3.05, 3.63) is 47.8 Å². The first-order valence-electron chi connectivity index (χ1n) is 7.18. The van der Waals surface area contributed by atoms with Gasteiger partial charge in [0.25, 0.3) is 5.91 Å². The van der Waals surface area contributed by atoms with Crippen molar-refractivity contribution in [1.29, 1.82) is 0 Å². The molecule has 110 valence electrons. The summed E-state index contributed by atoms with van der Waals surface area (Å²) in [6.45, 7) is 3.21. The first-order valence-corrected chi connectivity index (χ1v) is 7.18. The van der Waals surface area contributed by atoms with E-state index in [-0.39, 0.29) is 17.3 Å². The molecule has 0 aromatic heterocycles. The molecule has 0 radical (unpaired) electrons. The first kappa shape index (κ1) is 14.0. The average Bonchev–Trinajstić information content (AvgIpc) is 2.93. The van der Waals surface area contributed by atoms with Gasteiger partial charge in [-0.1, -0.05) is 24.3 Å². The molecule has 0 bridgehead atoms. The van der Waals surface area contributed by atoms with E-state index in [2.05, 4.69) is 5.32 Å². The van der Waals surface area contributed by atoms with Crippen molar-refractivity contribution in [2.75, 3.05) is 13.2 Å². The molecule has 1 N–H and O–H groups in total. The molecule has 4 heteroatoms. The van der Waals surface area contributed by atoms with E-state index in [1.165, 1.54) is 12.1 Å². The molecule has 1 fully saturated rings. The largest absolute Gasteiger partial charge is 0.373 e. The normalized spacial score (nSPS) is 21.6. The van der Waals surface area contributed by atoms with Crippen LogP contribution in [0.1, 0.15) is 30.1 Å². The van der Waals surface area contributed by atoms with Crippen LogP contribution in [0.5, 0.6) is 0 Å². The fraction of sp³-hybridized carbons (Fsp3) is 0.353. The summed E-state index contributed by atoms with van der Waals surface area (Å²) >= 11 is 0. The number of halogens is 1. The van der Waals surface area contributed by atoms with Gasteiger partial charge in [0.05, 0.1) is 5.60 Å². The molecular weight excluding hydrogens is 269 g/mol. The highest BCUT2D eigenvalue weighted by Gasteiger charge is 2.30. The Kier molecular flexibility index (Phi) is 3.64. The van der Waals surface area contributed by atoms with Gasteiger partial charge in [0.1, 0.15) is 5.82 Å². The summed E-state index contributed by atoms with van der Waals surface area (Å²) in [5.74, 6) is -0.504. The van der Waals surface area contributed by atoms with E-state index in [0.29, 0.717) is 22.9 Å². The Labute approximate surface area is 123 Å². The monoisotopic (exact) mass is 287 g/mol. The van der Waals surface area contributed by atoms with Gasteiger partial charge < -0.3 is 10.1 Å². The lowest BCUT2D eigenvalue weighted by molar-refractivity contribution is 0.0206. The zero-order valence-electron chi connectivity index (χ0n) is 12.0. The lowest BCUT2D eigenvalue weighted by atomic mass is 10.0. The lowest BCUT2D eigenvalue weighted by Crippen LogP contribution is -2.40. The Morgan fingerprint density at radius 2 is 2.05 bits per heavy atom. The molecule has 21 heavy (non-hydrogen) atoms. The van der Waals surface area contributed by atoms with Crippen LogP contribution >= 0.6 is 0 Å². The predicted molar refractivity (Wildman–Crippen MR) is 79.8 cm³/mol. The van der Waals surface area contributed by atoms with E-state index in [9.17, 15) is 9.18 Å². The van der Waals surface area contributed by atoms with Gasteiger partial charge in [-0.3, -0.25) is 4.79 Å². The van der Waals surface area contributed by atoms with Crippen LogP contribution in [-0.4, -0.2) is 24.7 Å². The summed E-state index contributed by atoms with van der Waals surface area (Å²) in [7, 11) is 0. The van der Waals surface area contributed by atoms with Crippen molar-refractivity contribution in [2.24, 2.45) is 0 Å². The second-order valence-corrected chi connectivity index (χ2v) is 5.73. The SMILES string of the molecule is CC1(CNC(=O)c2ccc(F)c3ccccc23)CCCO1. The summed E-state index contributed by atoms with van der Waals surface area (Å²) in [6.07, 6.45) is 1.96. The Balaban J connectivity index is 1.83. The average molecular weight is 287 g/mol. The maximum atomic E-state index is 13.8. The number of fused-ring (bicyclic) bond motifs is 1. The minimum atomic E-state index is -0.312. The topological polar surface area (TPSA) is 38.3 Å². The molecule has 1 unspecified atom stereocenters. The molecule has 3 rings (SSSR count). The van der Waals surface area contributed by atoms with Crippen LogP contribution in [0.15, 0.2) is 36.4 Å². The molecule has 0 saturated carbocycles. The van der Waals surface area contributed by atoms with E-state index in [1.54, 1.807) is 24.3 Å². The number of amides is 1. The summed E-state index contributed by atoms with van der Waals surface area (Å²) in [4.78, 5) is 12.4. The zero-order chi connectivity index (χ0) is 14.9. The summed E-state index contributed by atoms with van der Waals surface area (Å²) in [5, 5.41) is 4.00. The summed E-state index contributed by atoms with van der Waals surface area (Å²) in [5.41, 5.74) is 0.208. The summed E-state index contributed by atoms with van der Waals surface area (Å²) in [6, 6.07) is 9.89. The van der Waals surface area contributed by atoms with Gasteiger partial charge in [0, 0.05) is 24.1 Å². The third-order valence-corrected chi connectivity index (χ3v) is 4.04. The van der Waals surface area contributed by atoms with Crippen LogP contribution in [0, 0.1) is 5.82 Å². The number of ether oxygens (including phenoxy) is 1. The number of hydrogen-bond acceptors (Lipinski definition) is 2. The Bertz CT molecular complexity index is 678. The highest BCUT2D eigenvalue weighted by Crippen LogP contribution is 2.25. The van der Waals surface area contributed by atoms with Crippen molar-refractivity contribution in [1.82, 2.24) is 5.32 Å². The molecule has 1 amide bonds. The zero-order valence-corrected chi connectivity index (χ0v) is 12.0. The van der Waals surface area contributed by atoms with Crippen LogP contribution in [-0.2, 0) is 4.74 Å². The molecule has 0 aliphatic carbocycles. The molecule has 2 aromatic carbocycles. The van der Waals surface area contributed by atoms with Crippen LogP contribution in [0.2, 0.25) is 0 Å². The van der Waals surface area contributed by atoms with Crippen molar-refractivity contribution >= 4 is 16.7 Å². The number of benzene rings is 2. The number of carbonyl (C=O) groups excluding carboxylic acids is 1. The molecule has 1 aliphatic heterocycles. The van der Waals surface area contributed by atoms with Gasteiger partial charge in [-0.25, -0.2) is 4.39 Å². The highest BCUT2D eigenvalue weighted by molar-refractivity contribution is 6.07. The van der Waals surface area contributed by atoms with E-state index in [4.69, 9.17) is 4.74 Å². The quantitative estimate of drug-likeness (QED) is 0.941. The smallest absolute Gasteiger partial charge is 0.252 e. The first-order chi connectivity index (χ1) is 10.1. The number of carbonyl (C=O) groups is 1. The Morgan fingerprint density at radius 1 is 1.29 bits per heavy atom. The summed E-state index contributed by atoms with van der Waals surface area (Å²) < 4.78 is 19.4. The maximum absolute atomic E-state index is 13.8. The van der Waals surface area contributed by atoms with Crippen LogP contribution < -0.4 is 5.32 Å².